The maximum atomic E-state index is 5.69. The van der Waals surface area contributed by atoms with Crippen LogP contribution in [0, 0.1) is 6.92 Å². The number of hydrogen-bond acceptors (Lipinski definition) is 1. The molecule has 1 aromatic rings. The van der Waals surface area contributed by atoms with Gasteiger partial charge in [-0.3, -0.25) is 0 Å². The number of nitrogens with two attached hydrogens (primary N) is 1. The topological polar surface area (TPSA) is 26.0 Å². The van der Waals surface area contributed by atoms with Crippen LogP contribution in [0.5, 0.6) is 0 Å². The van der Waals surface area contributed by atoms with Crippen molar-refractivity contribution in [2.75, 3.05) is 5.73 Å². The van der Waals surface area contributed by atoms with Crippen LogP contribution in [-0.2, 0) is 0 Å². The van der Waals surface area contributed by atoms with E-state index >= 15 is 0 Å². The molecule has 0 amide bonds. The van der Waals surface area contributed by atoms with Gasteiger partial charge in [0.2, 0.25) is 0 Å². The number of anilines is 1. The van der Waals surface area contributed by atoms with Crippen LogP contribution >= 0.6 is 23.2 Å². The van der Waals surface area contributed by atoms with Crippen molar-refractivity contribution in [1.82, 2.24) is 0 Å². The minimum absolute atomic E-state index is 0.383. The van der Waals surface area contributed by atoms with Crippen LogP contribution in [0.15, 0.2) is 12.1 Å². The van der Waals surface area contributed by atoms with E-state index < -0.39 is 0 Å². The lowest BCUT2D eigenvalue weighted by Crippen LogP contribution is -1.90. The molecule has 1 radical (unpaired) electrons. The van der Waals surface area contributed by atoms with Crippen LogP contribution in [0.1, 0.15) is 5.56 Å². The predicted octanol–water partition coefficient (Wildman–Crippen LogP) is 2.76. The Bertz CT molecular complexity index is 231. The van der Waals surface area contributed by atoms with Gasteiger partial charge in [-0.05, 0) is 18.6 Å². The van der Waals surface area contributed by atoms with Crippen molar-refractivity contribution in [3.63, 3.8) is 0 Å². The zero-order valence-corrected chi connectivity index (χ0v) is 6.71. The fourth-order valence-electron chi connectivity index (χ4n) is 0.606. The molecule has 1 aromatic carbocycles. The summed E-state index contributed by atoms with van der Waals surface area (Å²) in [6.45, 7) is 3.65. The van der Waals surface area contributed by atoms with Crippen molar-refractivity contribution in [1.29, 1.82) is 0 Å². The largest absolute Gasteiger partial charge is 0.397 e. The quantitative estimate of drug-likeness (QED) is 0.602. The number of hydrogen-bond donors (Lipinski definition) is 1. The monoisotopic (exact) mass is 174 g/mol. The van der Waals surface area contributed by atoms with Gasteiger partial charge in [-0.2, -0.15) is 0 Å². The highest BCUT2D eigenvalue weighted by Gasteiger charge is 2.02. The Morgan fingerprint density at radius 3 is 2.40 bits per heavy atom. The van der Waals surface area contributed by atoms with Gasteiger partial charge >= 0.3 is 0 Å². The van der Waals surface area contributed by atoms with Crippen molar-refractivity contribution in [3.8, 4) is 0 Å². The third-order valence-electron chi connectivity index (χ3n) is 1.22. The van der Waals surface area contributed by atoms with E-state index in [0.29, 0.717) is 21.3 Å². The van der Waals surface area contributed by atoms with Crippen molar-refractivity contribution >= 4 is 28.9 Å². The van der Waals surface area contributed by atoms with Gasteiger partial charge in [-0.1, -0.05) is 29.3 Å². The summed E-state index contributed by atoms with van der Waals surface area (Å²) in [4.78, 5) is 0. The van der Waals surface area contributed by atoms with Gasteiger partial charge in [0.05, 0.1) is 15.7 Å². The van der Waals surface area contributed by atoms with Crippen molar-refractivity contribution in [2.24, 2.45) is 0 Å². The van der Waals surface area contributed by atoms with E-state index in [1.54, 1.807) is 12.1 Å². The standard InChI is InChI=1S/C7H6Cl2N/c1-4-2-3-5(8)6(9)7(4)10/h2-3H,1,10H2. The number of rotatable bonds is 0. The minimum atomic E-state index is 0.383. The first-order valence-corrected chi connectivity index (χ1v) is 3.44. The molecule has 0 aliphatic heterocycles. The first kappa shape index (κ1) is 7.70. The lowest BCUT2D eigenvalue weighted by molar-refractivity contribution is 1.60. The summed E-state index contributed by atoms with van der Waals surface area (Å²) in [5.41, 5.74) is 6.66. The molecule has 0 saturated carbocycles. The SMILES string of the molecule is [CH2]c1ccc(Cl)c(Cl)c1N. The molecule has 1 nitrogen and oxygen atoms in total. The molecule has 0 saturated heterocycles. The van der Waals surface area contributed by atoms with Crippen LogP contribution in [-0.4, -0.2) is 0 Å². The number of halogens is 2. The highest BCUT2D eigenvalue weighted by atomic mass is 35.5. The Hall–Kier alpha value is -0.400. The van der Waals surface area contributed by atoms with E-state index in [2.05, 4.69) is 6.92 Å². The molecule has 0 aliphatic rings. The zero-order valence-electron chi connectivity index (χ0n) is 5.20. The van der Waals surface area contributed by atoms with Crippen LogP contribution < -0.4 is 5.73 Å². The predicted molar refractivity (Wildman–Crippen MR) is 45.3 cm³/mol. The second-order valence-corrected chi connectivity index (χ2v) is 2.72. The summed E-state index contributed by atoms with van der Waals surface area (Å²) in [5.74, 6) is 0. The molecule has 3 heteroatoms. The molecule has 10 heavy (non-hydrogen) atoms. The summed E-state index contributed by atoms with van der Waals surface area (Å²) in [5, 5.41) is 0.848. The Labute approximate surface area is 69.7 Å². The Balaban J connectivity index is 3.34. The average molecular weight is 175 g/mol. The second-order valence-electron chi connectivity index (χ2n) is 1.93. The van der Waals surface area contributed by atoms with Crippen molar-refractivity contribution < 1.29 is 0 Å². The van der Waals surface area contributed by atoms with E-state index in [0.717, 1.165) is 0 Å². The van der Waals surface area contributed by atoms with E-state index in [1.807, 2.05) is 0 Å². The highest BCUT2D eigenvalue weighted by molar-refractivity contribution is 6.43. The van der Waals surface area contributed by atoms with Crippen LogP contribution in [0.3, 0.4) is 0 Å². The Morgan fingerprint density at radius 2 is 1.90 bits per heavy atom. The first-order chi connectivity index (χ1) is 4.63. The summed E-state index contributed by atoms with van der Waals surface area (Å²) in [7, 11) is 0. The zero-order chi connectivity index (χ0) is 7.72. The fourth-order valence-corrected chi connectivity index (χ4v) is 0.955. The second kappa shape index (κ2) is 2.69. The smallest absolute Gasteiger partial charge is 0.0824 e. The lowest BCUT2D eigenvalue weighted by atomic mass is 10.2. The molecule has 2 N–H and O–H groups in total. The molecule has 0 bridgehead atoms. The lowest BCUT2D eigenvalue weighted by Gasteiger charge is -2.02. The van der Waals surface area contributed by atoms with E-state index in [9.17, 15) is 0 Å². The molecule has 0 heterocycles. The molecule has 0 atom stereocenters. The van der Waals surface area contributed by atoms with Gasteiger partial charge in [0.25, 0.3) is 0 Å². The molecule has 0 fully saturated rings. The molecule has 0 aromatic heterocycles. The molecule has 1 rings (SSSR count). The molecular formula is C7H6Cl2N. The van der Waals surface area contributed by atoms with Gasteiger partial charge in [0, 0.05) is 0 Å². The summed E-state index contributed by atoms with van der Waals surface area (Å²) >= 11 is 11.3. The fraction of sp³-hybridized carbons (Fsp3) is 0. The van der Waals surface area contributed by atoms with Crippen LogP contribution in [0.2, 0.25) is 10.0 Å². The van der Waals surface area contributed by atoms with Gasteiger partial charge in [0.1, 0.15) is 0 Å². The Morgan fingerprint density at radius 1 is 1.30 bits per heavy atom. The third-order valence-corrected chi connectivity index (χ3v) is 2.04. The summed E-state index contributed by atoms with van der Waals surface area (Å²) < 4.78 is 0. The molecule has 53 valence electrons. The number of benzene rings is 1. The van der Waals surface area contributed by atoms with Crippen molar-refractivity contribution in [3.05, 3.63) is 34.7 Å². The molecule has 0 unspecified atom stereocenters. The minimum Gasteiger partial charge on any atom is -0.397 e. The van der Waals surface area contributed by atoms with Gasteiger partial charge in [0.15, 0.2) is 0 Å². The summed E-state index contributed by atoms with van der Waals surface area (Å²) in [6, 6.07) is 3.39. The van der Waals surface area contributed by atoms with Gasteiger partial charge in [-0.25, -0.2) is 0 Å². The molecule has 0 spiro atoms. The first-order valence-electron chi connectivity index (χ1n) is 2.68. The number of nitrogen functional groups attached to an aromatic ring is 1. The van der Waals surface area contributed by atoms with Crippen LogP contribution in [0.25, 0.3) is 0 Å². The van der Waals surface area contributed by atoms with Crippen LogP contribution in [0.4, 0.5) is 5.69 Å². The normalized spacial score (nSPS) is 9.90. The average Bonchev–Trinajstić information content (AvgIpc) is 1.93. The molecule has 0 aliphatic carbocycles. The van der Waals surface area contributed by atoms with Gasteiger partial charge < -0.3 is 5.73 Å². The Kier molecular flexibility index (Phi) is 2.07. The van der Waals surface area contributed by atoms with Gasteiger partial charge in [-0.15, -0.1) is 0 Å². The maximum Gasteiger partial charge on any atom is 0.0824 e. The third kappa shape index (κ3) is 1.20. The van der Waals surface area contributed by atoms with Crippen molar-refractivity contribution in [2.45, 2.75) is 0 Å². The summed E-state index contributed by atoms with van der Waals surface area (Å²) in [6.07, 6.45) is 0. The van der Waals surface area contributed by atoms with E-state index in [1.165, 1.54) is 0 Å². The van der Waals surface area contributed by atoms with E-state index in [-0.39, 0.29) is 0 Å². The van der Waals surface area contributed by atoms with E-state index in [4.69, 9.17) is 28.9 Å². The highest BCUT2D eigenvalue weighted by Crippen LogP contribution is 2.29. The molecular weight excluding hydrogens is 169 g/mol. The maximum absolute atomic E-state index is 5.69.